The lowest BCUT2D eigenvalue weighted by Gasteiger charge is -2.33. The number of likely N-dealkylation sites (N-methyl/N-ethyl adjacent to an activating group) is 1. The molecule has 6 heteroatoms. The van der Waals surface area contributed by atoms with Gasteiger partial charge in [0.1, 0.15) is 6.54 Å². The first kappa shape index (κ1) is 11.8. The third-order valence-corrected chi connectivity index (χ3v) is 2.56. The molecule has 0 aromatic rings. The summed E-state index contributed by atoms with van der Waals surface area (Å²) in [7, 11) is 0. The van der Waals surface area contributed by atoms with Gasteiger partial charge in [-0.15, -0.1) is 0 Å². The minimum absolute atomic E-state index is 0.0816. The van der Waals surface area contributed by atoms with Crippen molar-refractivity contribution in [1.29, 1.82) is 0 Å². The van der Waals surface area contributed by atoms with Crippen LogP contribution in [0.15, 0.2) is 5.11 Å². The molecule has 0 spiro atoms. The number of hydrogen-bond acceptors (Lipinski definition) is 3. The van der Waals surface area contributed by atoms with Gasteiger partial charge in [-0.3, -0.25) is 4.79 Å². The zero-order valence-electron chi connectivity index (χ0n) is 8.93. The van der Waals surface area contributed by atoms with E-state index in [1.54, 1.807) is 4.90 Å². The SMILES string of the molecule is CCN(C(=O)CN=[N+]=[N-])C1CCOCC1. The Kier molecular flexibility index (Phi) is 4.93. The maximum Gasteiger partial charge on any atom is 0.228 e. The third kappa shape index (κ3) is 3.42. The Morgan fingerprint density at radius 3 is 2.80 bits per heavy atom. The summed E-state index contributed by atoms with van der Waals surface area (Å²) in [6.07, 6.45) is 1.74. The van der Waals surface area contributed by atoms with Gasteiger partial charge in [0.25, 0.3) is 0 Å². The predicted molar refractivity (Wildman–Crippen MR) is 55.2 cm³/mol. The molecule has 15 heavy (non-hydrogen) atoms. The van der Waals surface area contributed by atoms with Crippen molar-refractivity contribution in [3.05, 3.63) is 10.4 Å². The zero-order valence-corrected chi connectivity index (χ0v) is 8.93. The van der Waals surface area contributed by atoms with Crippen molar-refractivity contribution in [2.45, 2.75) is 25.8 Å². The molecule has 1 rings (SSSR count). The number of rotatable bonds is 4. The summed E-state index contributed by atoms with van der Waals surface area (Å²) in [4.78, 5) is 16.0. The molecule has 6 nitrogen and oxygen atoms in total. The molecule has 84 valence electrons. The van der Waals surface area contributed by atoms with E-state index in [1.165, 1.54) is 0 Å². The van der Waals surface area contributed by atoms with E-state index >= 15 is 0 Å². The van der Waals surface area contributed by atoms with Crippen LogP contribution < -0.4 is 0 Å². The van der Waals surface area contributed by atoms with Crippen molar-refractivity contribution in [2.75, 3.05) is 26.3 Å². The van der Waals surface area contributed by atoms with E-state index < -0.39 is 0 Å². The largest absolute Gasteiger partial charge is 0.381 e. The summed E-state index contributed by atoms with van der Waals surface area (Å²) in [5.41, 5.74) is 8.15. The van der Waals surface area contributed by atoms with Crippen molar-refractivity contribution in [3.63, 3.8) is 0 Å². The van der Waals surface area contributed by atoms with Crippen LogP contribution in [0.25, 0.3) is 10.4 Å². The van der Waals surface area contributed by atoms with Crippen LogP contribution in [-0.2, 0) is 9.53 Å². The topological polar surface area (TPSA) is 78.3 Å². The van der Waals surface area contributed by atoms with Crippen LogP contribution >= 0.6 is 0 Å². The number of nitrogens with zero attached hydrogens (tertiary/aromatic N) is 4. The molecule has 0 saturated carbocycles. The molecule has 0 N–H and O–H groups in total. The van der Waals surface area contributed by atoms with Gasteiger partial charge in [-0.1, -0.05) is 5.11 Å². The lowest BCUT2D eigenvalue weighted by atomic mass is 10.1. The van der Waals surface area contributed by atoms with Gasteiger partial charge in [0.2, 0.25) is 5.91 Å². The van der Waals surface area contributed by atoms with Gasteiger partial charge < -0.3 is 9.64 Å². The molecule has 1 aliphatic rings. The van der Waals surface area contributed by atoms with Crippen molar-refractivity contribution in [2.24, 2.45) is 5.11 Å². The van der Waals surface area contributed by atoms with Crippen molar-refractivity contribution in [1.82, 2.24) is 4.90 Å². The molecular formula is C9H16N4O2. The molecule has 0 bridgehead atoms. The van der Waals surface area contributed by atoms with E-state index in [1.807, 2.05) is 6.92 Å². The third-order valence-electron chi connectivity index (χ3n) is 2.56. The van der Waals surface area contributed by atoms with Gasteiger partial charge in [0.15, 0.2) is 0 Å². The maximum absolute atomic E-state index is 11.7. The van der Waals surface area contributed by atoms with E-state index in [9.17, 15) is 4.79 Å². The summed E-state index contributed by atoms with van der Waals surface area (Å²) in [5, 5.41) is 3.29. The maximum atomic E-state index is 11.7. The second-order valence-corrected chi connectivity index (χ2v) is 3.41. The van der Waals surface area contributed by atoms with Crippen molar-refractivity contribution >= 4 is 5.91 Å². The Morgan fingerprint density at radius 1 is 1.60 bits per heavy atom. The van der Waals surface area contributed by atoms with E-state index in [4.69, 9.17) is 10.3 Å². The van der Waals surface area contributed by atoms with Crippen LogP contribution in [-0.4, -0.2) is 43.2 Å². The molecule has 1 heterocycles. The normalized spacial score (nSPS) is 16.9. The fraction of sp³-hybridized carbons (Fsp3) is 0.889. The second-order valence-electron chi connectivity index (χ2n) is 3.41. The Balaban J connectivity index is 2.52. The van der Waals surface area contributed by atoms with Crippen LogP contribution in [0.4, 0.5) is 0 Å². The molecular weight excluding hydrogens is 196 g/mol. The van der Waals surface area contributed by atoms with Gasteiger partial charge in [-0.2, -0.15) is 0 Å². The summed E-state index contributed by atoms with van der Waals surface area (Å²) >= 11 is 0. The minimum atomic E-state index is -0.0952. The molecule has 1 saturated heterocycles. The number of carbonyl (C=O) groups is 1. The van der Waals surface area contributed by atoms with Crippen molar-refractivity contribution in [3.8, 4) is 0 Å². The Labute approximate surface area is 88.8 Å². The summed E-state index contributed by atoms with van der Waals surface area (Å²) in [5.74, 6) is -0.0952. The predicted octanol–water partition coefficient (Wildman–Crippen LogP) is 1.32. The molecule has 0 radical (unpaired) electrons. The van der Waals surface area contributed by atoms with Gasteiger partial charge in [0.05, 0.1) is 0 Å². The highest BCUT2D eigenvalue weighted by atomic mass is 16.5. The molecule has 0 aromatic heterocycles. The number of ether oxygens (including phenoxy) is 1. The first-order valence-corrected chi connectivity index (χ1v) is 5.17. The van der Waals surface area contributed by atoms with Gasteiger partial charge in [-0.05, 0) is 25.3 Å². The average Bonchev–Trinajstić information content (AvgIpc) is 2.29. The quantitative estimate of drug-likeness (QED) is 0.400. The highest BCUT2D eigenvalue weighted by Gasteiger charge is 2.23. The number of azide groups is 1. The smallest absolute Gasteiger partial charge is 0.228 e. The highest BCUT2D eigenvalue weighted by molar-refractivity contribution is 5.78. The number of hydrogen-bond donors (Lipinski definition) is 0. The molecule has 0 aliphatic carbocycles. The van der Waals surface area contributed by atoms with Crippen molar-refractivity contribution < 1.29 is 9.53 Å². The Morgan fingerprint density at radius 2 is 2.27 bits per heavy atom. The fourth-order valence-electron chi connectivity index (χ4n) is 1.82. The van der Waals surface area contributed by atoms with Crippen LogP contribution in [0.5, 0.6) is 0 Å². The Bertz CT molecular complexity index is 257. The van der Waals surface area contributed by atoms with Gasteiger partial charge in [-0.25, -0.2) is 0 Å². The fourth-order valence-corrected chi connectivity index (χ4v) is 1.82. The first-order chi connectivity index (χ1) is 7.29. The first-order valence-electron chi connectivity index (χ1n) is 5.17. The van der Waals surface area contributed by atoms with E-state index in [0.29, 0.717) is 19.8 Å². The number of carbonyl (C=O) groups excluding carboxylic acids is 1. The minimum Gasteiger partial charge on any atom is -0.381 e. The average molecular weight is 212 g/mol. The van der Waals surface area contributed by atoms with Crippen LogP contribution in [0.3, 0.4) is 0 Å². The second kappa shape index (κ2) is 6.27. The zero-order chi connectivity index (χ0) is 11.1. The monoisotopic (exact) mass is 212 g/mol. The van der Waals surface area contributed by atoms with Crippen LogP contribution in [0.1, 0.15) is 19.8 Å². The summed E-state index contributed by atoms with van der Waals surface area (Å²) in [6.45, 7) is 3.92. The van der Waals surface area contributed by atoms with E-state index in [2.05, 4.69) is 10.0 Å². The van der Waals surface area contributed by atoms with Gasteiger partial charge in [0, 0.05) is 30.7 Å². The molecule has 1 aliphatic heterocycles. The Hall–Kier alpha value is -1.26. The number of amides is 1. The summed E-state index contributed by atoms with van der Waals surface area (Å²) in [6, 6.07) is 0.241. The van der Waals surface area contributed by atoms with Crippen LogP contribution in [0, 0.1) is 0 Å². The molecule has 0 aromatic carbocycles. The van der Waals surface area contributed by atoms with E-state index in [-0.39, 0.29) is 18.5 Å². The lowest BCUT2D eigenvalue weighted by molar-refractivity contribution is -0.133. The van der Waals surface area contributed by atoms with Crippen LogP contribution in [0.2, 0.25) is 0 Å². The molecule has 1 amide bonds. The highest BCUT2D eigenvalue weighted by Crippen LogP contribution is 2.14. The lowest BCUT2D eigenvalue weighted by Crippen LogP contribution is -2.44. The van der Waals surface area contributed by atoms with Gasteiger partial charge >= 0.3 is 0 Å². The van der Waals surface area contributed by atoms with E-state index in [0.717, 1.165) is 12.8 Å². The molecule has 1 fully saturated rings. The standard InChI is InChI=1S/C9H16N4O2/c1-2-13(9(14)7-11-12-10)8-3-5-15-6-4-8/h8H,2-7H2,1H3. The summed E-state index contributed by atoms with van der Waals surface area (Å²) < 4.78 is 5.24. The molecule has 0 atom stereocenters. The molecule has 0 unspecified atom stereocenters.